The lowest BCUT2D eigenvalue weighted by molar-refractivity contribution is 0.151. The van der Waals surface area contributed by atoms with Crippen molar-refractivity contribution >= 4 is 6.16 Å². The summed E-state index contributed by atoms with van der Waals surface area (Å²) in [6.07, 6.45) is 5.38. The maximum Gasteiger partial charge on any atom is 0.519 e. The van der Waals surface area contributed by atoms with Crippen LogP contribution in [-0.4, -0.2) is 6.16 Å². The fraction of sp³-hybridized carbons (Fsp3) is 0.409. The molecule has 0 bridgehead atoms. The number of hydrogen-bond donors (Lipinski definition) is 0. The third-order valence-electron chi connectivity index (χ3n) is 4.37. The number of ether oxygens (including phenoxy) is 2. The van der Waals surface area contributed by atoms with Crippen molar-refractivity contribution in [2.75, 3.05) is 0 Å². The van der Waals surface area contributed by atoms with E-state index in [1.54, 1.807) is 0 Å². The molecule has 2 aromatic carbocycles. The zero-order chi connectivity index (χ0) is 18.1. The molecule has 2 rings (SSSR count). The molecular formula is C22H28O3. The summed E-state index contributed by atoms with van der Waals surface area (Å²) in [5.74, 6) is 1.18. The Balaban J connectivity index is 2.08. The molecule has 0 aromatic heterocycles. The van der Waals surface area contributed by atoms with Crippen LogP contribution in [-0.2, 0) is 19.3 Å². The highest BCUT2D eigenvalue weighted by Gasteiger charge is 2.14. The van der Waals surface area contributed by atoms with Gasteiger partial charge >= 0.3 is 6.16 Å². The molecule has 25 heavy (non-hydrogen) atoms. The van der Waals surface area contributed by atoms with Crippen molar-refractivity contribution in [3.05, 3.63) is 59.2 Å². The van der Waals surface area contributed by atoms with E-state index in [9.17, 15) is 4.79 Å². The minimum absolute atomic E-state index is 0.591. The van der Waals surface area contributed by atoms with Gasteiger partial charge in [-0.1, -0.05) is 63.9 Å². The third-order valence-corrected chi connectivity index (χ3v) is 4.37. The summed E-state index contributed by atoms with van der Waals surface area (Å²) in [6.45, 7) is 6.34. The Bertz CT molecular complexity index is 691. The molecule has 134 valence electrons. The van der Waals surface area contributed by atoms with E-state index in [0.717, 1.165) is 36.8 Å². The molecule has 0 fully saturated rings. The number of carbonyl (C=O) groups excluding carboxylic acids is 1. The molecule has 0 atom stereocenters. The molecule has 0 saturated carbocycles. The number of hydrogen-bond acceptors (Lipinski definition) is 3. The molecule has 2 aromatic rings. The topological polar surface area (TPSA) is 35.5 Å². The Hall–Kier alpha value is -2.29. The summed E-state index contributed by atoms with van der Waals surface area (Å²) in [7, 11) is 0. The molecule has 0 aliphatic rings. The fourth-order valence-electron chi connectivity index (χ4n) is 3.02. The first-order valence-electron chi connectivity index (χ1n) is 9.27. The van der Waals surface area contributed by atoms with E-state index in [1.807, 2.05) is 36.4 Å². The van der Waals surface area contributed by atoms with E-state index >= 15 is 0 Å². The Labute approximate surface area is 151 Å². The van der Waals surface area contributed by atoms with Crippen LogP contribution in [0.3, 0.4) is 0 Å². The average molecular weight is 340 g/mol. The number of carbonyl (C=O) groups is 1. The van der Waals surface area contributed by atoms with Gasteiger partial charge in [-0.3, -0.25) is 0 Å². The summed E-state index contributed by atoms with van der Waals surface area (Å²) in [6, 6.07) is 13.5. The highest BCUT2D eigenvalue weighted by atomic mass is 16.7. The normalized spacial score (nSPS) is 10.5. The molecule has 0 unspecified atom stereocenters. The van der Waals surface area contributed by atoms with Crippen LogP contribution < -0.4 is 9.47 Å². The number of aryl methyl sites for hydroxylation is 2. The highest BCUT2D eigenvalue weighted by molar-refractivity contribution is 5.68. The Morgan fingerprint density at radius 2 is 1.48 bits per heavy atom. The SMILES string of the molecule is CCCCCc1ccccc1OC(=O)Oc1cccc(CC)c1CC. The van der Waals surface area contributed by atoms with Crippen molar-refractivity contribution < 1.29 is 14.3 Å². The van der Waals surface area contributed by atoms with Crippen molar-refractivity contribution in [1.29, 1.82) is 0 Å². The molecule has 0 N–H and O–H groups in total. The largest absolute Gasteiger partial charge is 0.519 e. The first-order chi connectivity index (χ1) is 12.2. The lowest BCUT2D eigenvalue weighted by atomic mass is 10.0. The summed E-state index contributed by atoms with van der Waals surface area (Å²) in [5, 5.41) is 0. The molecule has 3 nitrogen and oxygen atoms in total. The summed E-state index contributed by atoms with van der Waals surface area (Å²) in [4.78, 5) is 12.3. The van der Waals surface area contributed by atoms with Crippen LogP contribution in [0.2, 0.25) is 0 Å². The van der Waals surface area contributed by atoms with Gasteiger partial charge in [0, 0.05) is 0 Å². The first-order valence-corrected chi connectivity index (χ1v) is 9.27. The van der Waals surface area contributed by atoms with Gasteiger partial charge in [-0.25, -0.2) is 4.79 Å². The molecule has 0 amide bonds. The second-order valence-electron chi connectivity index (χ2n) is 6.12. The molecule has 0 heterocycles. The second-order valence-corrected chi connectivity index (χ2v) is 6.12. The van der Waals surface area contributed by atoms with E-state index in [1.165, 1.54) is 18.4 Å². The van der Waals surface area contributed by atoms with Crippen LogP contribution in [0.4, 0.5) is 4.79 Å². The molecule has 0 radical (unpaired) electrons. The van der Waals surface area contributed by atoms with Crippen LogP contribution in [0, 0.1) is 0 Å². The van der Waals surface area contributed by atoms with Gasteiger partial charge in [0.15, 0.2) is 0 Å². The van der Waals surface area contributed by atoms with Gasteiger partial charge in [-0.2, -0.15) is 0 Å². The third kappa shape index (κ3) is 5.35. The van der Waals surface area contributed by atoms with E-state index in [0.29, 0.717) is 11.5 Å². The zero-order valence-electron chi connectivity index (χ0n) is 15.5. The van der Waals surface area contributed by atoms with Crippen LogP contribution in [0.5, 0.6) is 11.5 Å². The van der Waals surface area contributed by atoms with Gasteiger partial charge in [0.25, 0.3) is 0 Å². The van der Waals surface area contributed by atoms with E-state index in [4.69, 9.17) is 9.47 Å². The van der Waals surface area contributed by atoms with Gasteiger partial charge in [0.05, 0.1) is 0 Å². The summed E-state index contributed by atoms with van der Waals surface area (Å²) in [5.41, 5.74) is 3.32. The molecule has 0 saturated heterocycles. The minimum Gasteiger partial charge on any atom is -0.394 e. The van der Waals surface area contributed by atoms with Gasteiger partial charge in [-0.05, 0) is 54.5 Å². The summed E-state index contributed by atoms with van der Waals surface area (Å²) >= 11 is 0. The van der Waals surface area contributed by atoms with Crippen molar-refractivity contribution in [1.82, 2.24) is 0 Å². The van der Waals surface area contributed by atoms with E-state index < -0.39 is 6.16 Å². The smallest absolute Gasteiger partial charge is 0.394 e. The molecule has 0 aliphatic heterocycles. The maximum absolute atomic E-state index is 12.3. The average Bonchev–Trinajstić information content (AvgIpc) is 2.63. The standard InChI is InChI=1S/C22H28O3/c1-4-7-8-12-18-13-9-10-15-20(18)24-22(23)25-21-16-11-14-17(5-2)19(21)6-3/h9-11,13-16H,4-8,12H2,1-3H3. The number of para-hydroxylation sites is 1. The van der Waals surface area contributed by atoms with Crippen molar-refractivity contribution in [2.45, 2.75) is 59.3 Å². The zero-order valence-corrected chi connectivity index (χ0v) is 15.5. The van der Waals surface area contributed by atoms with Crippen LogP contribution in [0.1, 0.15) is 56.7 Å². The van der Waals surface area contributed by atoms with Crippen LogP contribution >= 0.6 is 0 Å². The highest BCUT2D eigenvalue weighted by Crippen LogP contribution is 2.25. The Morgan fingerprint density at radius 1 is 0.800 bits per heavy atom. The second kappa shape index (κ2) is 9.87. The van der Waals surface area contributed by atoms with Crippen LogP contribution in [0.25, 0.3) is 0 Å². The molecular weight excluding hydrogens is 312 g/mol. The Kier molecular flexibility index (Phi) is 7.52. The van der Waals surface area contributed by atoms with Gasteiger partial charge < -0.3 is 9.47 Å². The number of rotatable bonds is 8. The fourth-order valence-corrected chi connectivity index (χ4v) is 3.02. The molecule has 0 aliphatic carbocycles. The quantitative estimate of drug-likeness (QED) is 0.330. The van der Waals surface area contributed by atoms with Crippen LogP contribution in [0.15, 0.2) is 42.5 Å². The van der Waals surface area contributed by atoms with Crippen molar-refractivity contribution in [3.63, 3.8) is 0 Å². The minimum atomic E-state index is -0.675. The Morgan fingerprint density at radius 3 is 2.20 bits per heavy atom. The van der Waals surface area contributed by atoms with Gasteiger partial charge in [0.2, 0.25) is 0 Å². The maximum atomic E-state index is 12.3. The summed E-state index contributed by atoms with van der Waals surface area (Å²) < 4.78 is 11.0. The van der Waals surface area contributed by atoms with Crippen molar-refractivity contribution in [3.8, 4) is 11.5 Å². The van der Waals surface area contributed by atoms with Gasteiger partial charge in [0.1, 0.15) is 11.5 Å². The van der Waals surface area contributed by atoms with E-state index in [-0.39, 0.29) is 0 Å². The lowest BCUT2D eigenvalue weighted by Crippen LogP contribution is -2.16. The predicted molar refractivity (Wildman–Crippen MR) is 102 cm³/mol. The first kappa shape index (κ1) is 19.0. The van der Waals surface area contributed by atoms with Gasteiger partial charge in [-0.15, -0.1) is 0 Å². The number of unbranched alkanes of at least 4 members (excludes halogenated alkanes) is 2. The monoisotopic (exact) mass is 340 g/mol. The van der Waals surface area contributed by atoms with E-state index in [2.05, 4.69) is 26.8 Å². The molecule has 3 heteroatoms. The predicted octanol–water partition coefficient (Wildman–Crippen LogP) is 6.12. The molecule has 0 spiro atoms. The number of benzene rings is 2. The lowest BCUT2D eigenvalue weighted by Gasteiger charge is -2.13. The van der Waals surface area contributed by atoms with Crippen molar-refractivity contribution in [2.24, 2.45) is 0 Å².